The van der Waals surface area contributed by atoms with Crippen LogP contribution in [0.2, 0.25) is 0 Å². The summed E-state index contributed by atoms with van der Waals surface area (Å²) in [6.07, 6.45) is 5.55. The largest absolute Gasteiger partial charge is 0.342 e. The van der Waals surface area contributed by atoms with Gasteiger partial charge in [-0.1, -0.05) is 48.5 Å². The Morgan fingerprint density at radius 1 is 0.917 bits per heavy atom. The molecule has 2 amide bonds. The molecule has 7 rings (SSSR count). The molecule has 0 unspecified atom stereocenters. The zero-order chi connectivity index (χ0) is 24.4. The molecule has 182 valence electrons. The van der Waals surface area contributed by atoms with E-state index in [0.717, 1.165) is 72.6 Å². The third-order valence-electron chi connectivity index (χ3n) is 8.06. The summed E-state index contributed by atoms with van der Waals surface area (Å²) in [5, 5.41) is 4.25. The second kappa shape index (κ2) is 7.88. The summed E-state index contributed by atoms with van der Waals surface area (Å²) < 4.78 is 1.87. The Balaban J connectivity index is 1.08. The van der Waals surface area contributed by atoms with Crippen molar-refractivity contribution in [3.8, 4) is 22.4 Å². The maximum atomic E-state index is 13.2. The van der Waals surface area contributed by atoms with Gasteiger partial charge in [0.2, 0.25) is 5.91 Å². The van der Waals surface area contributed by atoms with Gasteiger partial charge in [0.05, 0.1) is 5.69 Å². The summed E-state index contributed by atoms with van der Waals surface area (Å²) in [4.78, 5) is 34.3. The highest BCUT2D eigenvalue weighted by Crippen LogP contribution is 2.46. The van der Waals surface area contributed by atoms with Gasteiger partial charge in [0.25, 0.3) is 5.91 Å². The predicted octanol–water partition coefficient (Wildman–Crippen LogP) is 3.74. The summed E-state index contributed by atoms with van der Waals surface area (Å²) in [6, 6.07) is 18.9. The standard InChI is InChI=1S/C29H29N5O2/c1-32-25(12-15-30-32)22-6-2-20(3-7-22)21-4-8-23(9-5-21)26-31-29(13-14-29)28(36)34(26)18-19-16-33(17-19)27(35)24-10-11-24/h2-9,12,15,19,24H,10-11,13-14,16-18H2,1H3. The predicted molar refractivity (Wildman–Crippen MR) is 137 cm³/mol. The first-order valence-corrected chi connectivity index (χ1v) is 12.9. The topological polar surface area (TPSA) is 70.8 Å². The first-order valence-electron chi connectivity index (χ1n) is 12.9. The molecule has 0 N–H and O–H groups in total. The number of hydrogen-bond acceptors (Lipinski definition) is 4. The third kappa shape index (κ3) is 3.56. The zero-order valence-electron chi connectivity index (χ0n) is 20.4. The van der Waals surface area contributed by atoms with E-state index in [1.165, 1.54) is 0 Å². The average molecular weight is 480 g/mol. The molecule has 0 bridgehead atoms. The lowest BCUT2D eigenvalue weighted by Crippen LogP contribution is -2.55. The Morgan fingerprint density at radius 3 is 2.08 bits per heavy atom. The van der Waals surface area contributed by atoms with Gasteiger partial charge in [-0.05, 0) is 48.4 Å². The minimum atomic E-state index is -0.525. The molecule has 2 aliphatic carbocycles. The molecule has 2 saturated carbocycles. The number of aryl methyl sites for hydroxylation is 1. The molecule has 4 aliphatic rings. The van der Waals surface area contributed by atoms with Gasteiger partial charge < -0.3 is 4.90 Å². The van der Waals surface area contributed by atoms with Crippen LogP contribution in [0.15, 0.2) is 65.8 Å². The lowest BCUT2D eigenvalue weighted by Gasteiger charge is -2.41. The number of likely N-dealkylation sites (tertiary alicyclic amines) is 1. The fourth-order valence-electron chi connectivity index (χ4n) is 5.51. The molecule has 3 heterocycles. The Labute approximate surface area is 210 Å². The number of aromatic nitrogens is 2. The van der Waals surface area contributed by atoms with Gasteiger partial charge in [0.1, 0.15) is 11.4 Å². The van der Waals surface area contributed by atoms with Gasteiger partial charge in [-0.15, -0.1) is 0 Å². The number of aliphatic imine (C=N–C) groups is 1. The van der Waals surface area contributed by atoms with E-state index in [4.69, 9.17) is 4.99 Å². The van der Waals surface area contributed by atoms with Gasteiger partial charge >= 0.3 is 0 Å². The van der Waals surface area contributed by atoms with Crippen LogP contribution in [-0.4, -0.2) is 62.4 Å². The van der Waals surface area contributed by atoms with E-state index in [0.29, 0.717) is 18.4 Å². The van der Waals surface area contributed by atoms with Crippen molar-refractivity contribution in [2.75, 3.05) is 19.6 Å². The first-order chi connectivity index (χ1) is 17.5. The summed E-state index contributed by atoms with van der Waals surface area (Å²) in [5.41, 5.74) is 4.94. The van der Waals surface area contributed by atoms with E-state index in [-0.39, 0.29) is 11.8 Å². The SMILES string of the molecule is Cn1nccc1-c1ccc(-c2ccc(C3=NC4(CC4)C(=O)N3CC3CN(C(=O)C4CC4)C3)cc2)cc1. The number of rotatable bonds is 6. The molecule has 36 heavy (non-hydrogen) atoms. The van der Waals surface area contributed by atoms with Crippen LogP contribution in [0.4, 0.5) is 0 Å². The van der Waals surface area contributed by atoms with Crippen LogP contribution < -0.4 is 0 Å². The molecular weight excluding hydrogens is 450 g/mol. The van der Waals surface area contributed by atoms with E-state index in [1.807, 2.05) is 33.8 Å². The van der Waals surface area contributed by atoms with Gasteiger partial charge in [-0.2, -0.15) is 5.10 Å². The molecule has 1 aromatic heterocycles. The van der Waals surface area contributed by atoms with Crippen LogP contribution in [0.1, 0.15) is 31.2 Å². The highest BCUT2D eigenvalue weighted by Gasteiger charge is 2.57. The monoisotopic (exact) mass is 479 g/mol. The van der Waals surface area contributed by atoms with Crippen molar-refractivity contribution in [1.29, 1.82) is 0 Å². The van der Waals surface area contributed by atoms with Crippen LogP contribution in [-0.2, 0) is 16.6 Å². The van der Waals surface area contributed by atoms with E-state index < -0.39 is 5.54 Å². The maximum Gasteiger partial charge on any atom is 0.256 e. The number of carbonyl (C=O) groups is 2. The van der Waals surface area contributed by atoms with Crippen molar-refractivity contribution < 1.29 is 9.59 Å². The molecule has 1 saturated heterocycles. The summed E-state index contributed by atoms with van der Waals surface area (Å²) in [6.45, 7) is 2.16. The van der Waals surface area contributed by atoms with Crippen LogP contribution in [0, 0.1) is 11.8 Å². The van der Waals surface area contributed by atoms with E-state index >= 15 is 0 Å². The van der Waals surface area contributed by atoms with E-state index in [9.17, 15) is 9.59 Å². The van der Waals surface area contributed by atoms with E-state index in [1.54, 1.807) is 0 Å². The average Bonchev–Trinajstić information content (AvgIpc) is 3.79. The van der Waals surface area contributed by atoms with Gasteiger partial charge in [-0.25, -0.2) is 0 Å². The molecule has 2 aromatic carbocycles. The highest BCUT2D eigenvalue weighted by atomic mass is 16.2. The number of carbonyl (C=O) groups excluding carboxylic acids is 2. The lowest BCUT2D eigenvalue weighted by molar-refractivity contribution is -0.139. The van der Waals surface area contributed by atoms with Crippen LogP contribution in [0.25, 0.3) is 22.4 Å². The molecule has 3 aromatic rings. The fraction of sp³-hybridized carbons (Fsp3) is 0.379. The molecule has 7 nitrogen and oxygen atoms in total. The molecular formula is C29H29N5O2. The summed E-state index contributed by atoms with van der Waals surface area (Å²) in [5.74, 6) is 1.82. The smallest absolute Gasteiger partial charge is 0.256 e. The Hall–Kier alpha value is -3.74. The molecule has 3 fully saturated rings. The Kier molecular flexibility index (Phi) is 4.72. The number of hydrogen-bond donors (Lipinski definition) is 0. The second-order valence-corrected chi connectivity index (χ2v) is 10.8. The Morgan fingerprint density at radius 2 is 1.53 bits per heavy atom. The number of nitrogens with zero attached hydrogens (tertiary/aromatic N) is 5. The number of amidine groups is 1. The summed E-state index contributed by atoms with van der Waals surface area (Å²) in [7, 11) is 1.95. The molecule has 2 aliphatic heterocycles. The lowest BCUT2D eigenvalue weighted by atomic mass is 9.97. The zero-order valence-corrected chi connectivity index (χ0v) is 20.4. The molecule has 1 spiro atoms. The van der Waals surface area contributed by atoms with Crippen molar-refractivity contribution in [3.05, 3.63) is 66.4 Å². The quantitative estimate of drug-likeness (QED) is 0.541. The maximum absolute atomic E-state index is 13.2. The van der Waals surface area contributed by atoms with Gasteiger partial charge in [-0.3, -0.25) is 24.2 Å². The normalized spacial score (nSPS) is 20.6. The second-order valence-electron chi connectivity index (χ2n) is 10.8. The van der Waals surface area contributed by atoms with Crippen molar-refractivity contribution in [1.82, 2.24) is 19.6 Å². The van der Waals surface area contributed by atoms with Crippen LogP contribution in [0.5, 0.6) is 0 Å². The van der Waals surface area contributed by atoms with Gasteiger partial charge in [0, 0.05) is 50.3 Å². The number of benzene rings is 2. The first kappa shape index (κ1) is 21.5. The number of amides is 2. The highest BCUT2D eigenvalue weighted by molar-refractivity contribution is 6.16. The Bertz CT molecular complexity index is 1370. The summed E-state index contributed by atoms with van der Waals surface area (Å²) >= 11 is 0. The van der Waals surface area contributed by atoms with Gasteiger partial charge in [0.15, 0.2) is 0 Å². The van der Waals surface area contributed by atoms with Crippen molar-refractivity contribution in [3.63, 3.8) is 0 Å². The molecule has 7 heteroatoms. The van der Waals surface area contributed by atoms with Crippen LogP contribution >= 0.6 is 0 Å². The third-order valence-corrected chi connectivity index (χ3v) is 8.06. The molecule has 0 atom stereocenters. The van der Waals surface area contributed by atoms with E-state index in [2.05, 4.69) is 53.6 Å². The van der Waals surface area contributed by atoms with Crippen LogP contribution in [0.3, 0.4) is 0 Å². The fourth-order valence-corrected chi connectivity index (χ4v) is 5.51. The van der Waals surface area contributed by atoms with Crippen molar-refractivity contribution in [2.45, 2.75) is 31.2 Å². The minimum Gasteiger partial charge on any atom is -0.342 e. The van der Waals surface area contributed by atoms with Crippen molar-refractivity contribution >= 4 is 17.6 Å². The minimum absolute atomic E-state index is 0.138. The molecule has 0 radical (unpaired) electrons. The van der Waals surface area contributed by atoms with Crippen molar-refractivity contribution in [2.24, 2.45) is 23.9 Å².